The summed E-state index contributed by atoms with van der Waals surface area (Å²) in [5.41, 5.74) is 1.14. The van der Waals surface area contributed by atoms with Crippen LogP contribution in [0.15, 0.2) is 42.0 Å². The summed E-state index contributed by atoms with van der Waals surface area (Å²) in [5.74, 6) is -1.62. The van der Waals surface area contributed by atoms with E-state index in [0.29, 0.717) is 6.42 Å². The highest BCUT2D eigenvalue weighted by Crippen LogP contribution is 2.33. The number of hydrogen-bond donors (Lipinski definition) is 1. The van der Waals surface area contributed by atoms with E-state index >= 15 is 0 Å². The first-order valence-corrected chi connectivity index (χ1v) is 8.87. The van der Waals surface area contributed by atoms with Crippen molar-refractivity contribution >= 4 is 5.97 Å². The Labute approximate surface area is 157 Å². The molecule has 1 aliphatic heterocycles. The van der Waals surface area contributed by atoms with E-state index in [2.05, 4.69) is 0 Å². The van der Waals surface area contributed by atoms with Gasteiger partial charge in [0.05, 0.1) is 13.2 Å². The molecule has 1 aliphatic rings. The molecule has 1 aromatic carbocycles. The van der Waals surface area contributed by atoms with Gasteiger partial charge in [0.1, 0.15) is 12.2 Å². The summed E-state index contributed by atoms with van der Waals surface area (Å²) in [6.45, 7) is 2.87. The van der Waals surface area contributed by atoms with E-state index in [1.54, 1.807) is 13.8 Å². The van der Waals surface area contributed by atoms with Crippen LogP contribution < -0.4 is 0 Å². The zero-order valence-electron chi connectivity index (χ0n) is 15.5. The summed E-state index contributed by atoms with van der Waals surface area (Å²) in [7, 11) is 0. The topological polar surface area (TPSA) is 108 Å². The number of aliphatic hydroxyl groups is 1. The Balaban J connectivity index is 2.18. The number of nitrogens with zero attached hydrogens (tertiary/aromatic N) is 1. The Morgan fingerprint density at radius 3 is 2.67 bits per heavy atom. The zero-order chi connectivity index (χ0) is 19.9. The first-order chi connectivity index (χ1) is 12.9. The molecule has 8 heteroatoms. The second-order valence-electron chi connectivity index (χ2n) is 6.44. The molecule has 2 rings (SSSR count). The van der Waals surface area contributed by atoms with Crippen LogP contribution in [0.4, 0.5) is 0 Å². The van der Waals surface area contributed by atoms with Gasteiger partial charge < -0.3 is 19.3 Å². The van der Waals surface area contributed by atoms with Crippen molar-refractivity contribution in [1.29, 1.82) is 0 Å². The van der Waals surface area contributed by atoms with Crippen molar-refractivity contribution in [1.82, 2.24) is 0 Å². The van der Waals surface area contributed by atoms with Crippen LogP contribution in [-0.2, 0) is 25.4 Å². The van der Waals surface area contributed by atoms with Gasteiger partial charge in [-0.15, -0.1) is 0 Å². The highest BCUT2D eigenvalue weighted by atomic mass is 16.8. The maximum atomic E-state index is 12.1. The number of carbonyl (C=O) groups is 1. The number of esters is 1. The highest BCUT2D eigenvalue weighted by Gasteiger charge is 2.43. The molecule has 3 atom stereocenters. The molecule has 3 unspecified atom stereocenters. The average Bonchev–Trinajstić information content (AvgIpc) is 2.94. The molecule has 8 nitrogen and oxygen atoms in total. The van der Waals surface area contributed by atoms with Crippen LogP contribution in [0.1, 0.15) is 25.8 Å². The monoisotopic (exact) mass is 379 g/mol. The van der Waals surface area contributed by atoms with Crippen LogP contribution in [0.3, 0.4) is 0 Å². The van der Waals surface area contributed by atoms with Crippen molar-refractivity contribution in [2.75, 3.05) is 19.8 Å². The predicted molar refractivity (Wildman–Crippen MR) is 96.6 cm³/mol. The lowest BCUT2D eigenvalue weighted by atomic mass is 10.1. The normalized spacial score (nSPS) is 25.4. The summed E-state index contributed by atoms with van der Waals surface area (Å²) < 4.78 is 16.8. The minimum atomic E-state index is -0.987. The number of rotatable bonds is 9. The number of benzene rings is 1. The molecule has 27 heavy (non-hydrogen) atoms. The molecule has 0 radical (unpaired) electrons. The van der Waals surface area contributed by atoms with Crippen LogP contribution in [-0.4, -0.2) is 53.8 Å². The van der Waals surface area contributed by atoms with Gasteiger partial charge in [-0.3, -0.25) is 10.1 Å². The molecule has 1 N–H and O–H groups in total. The van der Waals surface area contributed by atoms with Gasteiger partial charge in [-0.05, 0) is 25.5 Å². The molecule has 1 heterocycles. The van der Waals surface area contributed by atoms with Gasteiger partial charge in [0.15, 0.2) is 5.79 Å². The molecule has 0 saturated carbocycles. The SMILES string of the molecule is CCOC(=O)C(=CC1OC(C)(Cc2ccccc2)OC1CO)CC[N+](=O)[O-]. The Morgan fingerprint density at radius 1 is 1.37 bits per heavy atom. The molecule has 0 bridgehead atoms. The second kappa shape index (κ2) is 9.59. The second-order valence-corrected chi connectivity index (χ2v) is 6.44. The fourth-order valence-corrected chi connectivity index (χ4v) is 3.00. The van der Waals surface area contributed by atoms with Crippen LogP contribution in [0.2, 0.25) is 0 Å². The molecule has 0 spiro atoms. The van der Waals surface area contributed by atoms with E-state index in [0.717, 1.165) is 5.56 Å². The lowest BCUT2D eigenvalue weighted by Gasteiger charge is -2.23. The molecular formula is C19H25NO7. The molecule has 0 amide bonds. The molecule has 148 valence electrons. The quantitative estimate of drug-likeness (QED) is 0.302. The van der Waals surface area contributed by atoms with Crippen LogP contribution in [0.5, 0.6) is 0 Å². The third kappa shape index (κ3) is 6.13. The minimum Gasteiger partial charge on any atom is -0.463 e. The van der Waals surface area contributed by atoms with Gasteiger partial charge in [-0.25, -0.2) is 4.79 Å². The van der Waals surface area contributed by atoms with Crippen molar-refractivity contribution in [3.8, 4) is 0 Å². The maximum Gasteiger partial charge on any atom is 0.334 e. The summed E-state index contributed by atoms with van der Waals surface area (Å²) in [5, 5.41) is 20.3. The van der Waals surface area contributed by atoms with E-state index in [4.69, 9.17) is 14.2 Å². The van der Waals surface area contributed by atoms with E-state index < -0.39 is 35.4 Å². The van der Waals surface area contributed by atoms with Crippen molar-refractivity contribution in [3.05, 3.63) is 57.7 Å². The van der Waals surface area contributed by atoms with Gasteiger partial charge in [0, 0.05) is 23.3 Å². The van der Waals surface area contributed by atoms with Crippen molar-refractivity contribution in [2.24, 2.45) is 0 Å². The van der Waals surface area contributed by atoms with Crippen LogP contribution in [0, 0.1) is 10.1 Å². The zero-order valence-corrected chi connectivity index (χ0v) is 15.5. The highest BCUT2D eigenvalue weighted by molar-refractivity contribution is 5.88. The first-order valence-electron chi connectivity index (χ1n) is 8.87. The lowest BCUT2D eigenvalue weighted by Crippen LogP contribution is -2.30. The van der Waals surface area contributed by atoms with E-state index in [9.17, 15) is 20.0 Å². The number of nitro groups is 1. The first kappa shape index (κ1) is 21.0. The summed E-state index contributed by atoms with van der Waals surface area (Å²) in [4.78, 5) is 22.3. The van der Waals surface area contributed by atoms with E-state index in [1.165, 1.54) is 6.08 Å². The number of hydrogen-bond acceptors (Lipinski definition) is 7. The van der Waals surface area contributed by atoms with Crippen molar-refractivity contribution < 1.29 is 29.0 Å². The summed E-state index contributed by atoms with van der Waals surface area (Å²) in [6.07, 6.45) is 0.449. The fourth-order valence-electron chi connectivity index (χ4n) is 3.00. The molecule has 0 aromatic heterocycles. The van der Waals surface area contributed by atoms with E-state index in [-0.39, 0.29) is 25.2 Å². The Morgan fingerprint density at radius 2 is 2.07 bits per heavy atom. The Kier molecular flexibility index (Phi) is 7.46. The van der Waals surface area contributed by atoms with Crippen molar-refractivity contribution in [2.45, 2.75) is 44.7 Å². The summed E-state index contributed by atoms with van der Waals surface area (Å²) in [6, 6.07) is 9.60. The van der Waals surface area contributed by atoms with Crippen LogP contribution in [0.25, 0.3) is 0 Å². The maximum absolute atomic E-state index is 12.1. The van der Waals surface area contributed by atoms with Gasteiger partial charge in [-0.1, -0.05) is 30.3 Å². The van der Waals surface area contributed by atoms with Gasteiger partial charge in [0.2, 0.25) is 6.54 Å². The Bertz CT molecular complexity index is 676. The average molecular weight is 379 g/mol. The molecule has 1 saturated heterocycles. The standard InChI is InChI=1S/C19H25NO7/c1-3-25-18(22)15(9-10-20(23)24)11-16-17(13-21)27-19(2,26-16)12-14-7-5-4-6-8-14/h4-8,11,16-17,21H,3,9-10,12-13H2,1-2H3. The van der Waals surface area contributed by atoms with Crippen molar-refractivity contribution in [3.63, 3.8) is 0 Å². The third-order valence-corrected chi connectivity index (χ3v) is 4.17. The van der Waals surface area contributed by atoms with Gasteiger partial charge >= 0.3 is 5.97 Å². The fraction of sp³-hybridized carbons (Fsp3) is 0.526. The number of aliphatic hydroxyl groups excluding tert-OH is 1. The predicted octanol–water partition coefficient (Wildman–Crippen LogP) is 1.88. The molecule has 1 aromatic rings. The lowest BCUT2D eigenvalue weighted by molar-refractivity contribution is -0.479. The molecule has 1 fully saturated rings. The Hall–Kier alpha value is -2.29. The largest absolute Gasteiger partial charge is 0.463 e. The number of carbonyl (C=O) groups excluding carboxylic acids is 1. The summed E-state index contributed by atoms with van der Waals surface area (Å²) >= 11 is 0. The van der Waals surface area contributed by atoms with Gasteiger partial charge in [-0.2, -0.15) is 0 Å². The smallest absolute Gasteiger partial charge is 0.334 e. The van der Waals surface area contributed by atoms with Gasteiger partial charge in [0.25, 0.3) is 0 Å². The number of ether oxygens (including phenoxy) is 3. The molecule has 0 aliphatic carbocycles. The van der Waals surface area contributed by atoms with Crippen LogP contribution >= 0.6 is 0 Å². The third-order valence-electron chi connectivity index (χ3n) is 4.17. The van der Waals surface area contributed by atoms with E-state index in [1.807, 2.05) is 30.3 Å². The minimum absolute atomic E-state index is 0.0841. The molecular weight excluding hydrogens is 354 g/mol.